The highest BCUT2D eigenvalue weighted by Gasteiger charge is 2.17. The molecule has 1 fully saturated rings. The van der Waals surface area contributed by atoms with E-state index in [1.165, 1.54) is 31.2 Å². The summed E-state index contributed by atoms with van der Waals surface area (Å²) in [5.74, 6) is 0.243. The highest BCUT2D eigenvalue weighted by atomic mass is 16.5. The van der Waals surface area contributed by atoms with Crippen molar-refractivity contribution in [3.05, 3.63) is 29.8 Å². The zero-order valence-corrected chi connectivity index (χ0v) is 10.6. The van der Waals surface area contributed by atoms with Crippen molar-refractivity contribution in [3.63, 3.8) is 0 Å². The third-order valence-corrected chi connectivity index (χ3v) is 3.39. The molecule has 0 atom stereocenters. The topological polar surface area (TPSA) is 68.9 Å². The quantitative estimate of drug-likeness (QED) is 0.773. The van der Waals surface area contributed by atoms with E-state index < -0.39 is 5.91 Å². The van der Waals surface area contributed by atoms with E-state index in [0.717, 1.165) is 12.6 Å². The van der Waals surface area contributed by atoms with Gasteiger partial charge in [-0.3, -0.25) is 4.79 Å². The Labute approximate surface area is 108 Å². The van der Waals surface area contributed by atoms with Crippen molar-refractivity contribution >= 4 is 5.91 Å². The maximum absolute atomic E-state index is 10.6. The van der Waals surface area contributed by atoms with Gasteiger partial charge in [-0.2, -0.15) is 0 Å². The van der Waals surface area contributed by atoms with Crippen molar-refractivity contribution in [1.82, 2.24) is 0 Å². The van der Waals surface area contributed by atoms with Crippen molar-refractivity contribution in [3.8, 4) is 5.75 Å². The fourth-order valence-electron chi connectivity index (χ4n) is 2.37. The fraction of sp³-hybridized carbons (Fsp3) is 0.500. The molecule has 18 heavy (non-hydrogen) atoms. The van der Waals surface area contributed by atoms with Crippen LogP contribution in [-0.2, 0) is 11.3 Å². The van der Waals surface area contributed by atoms with Gasteiger partial charge in [0.2, 0.25) is 0 Å². The average molecular weight is 249 g/mol. The molecule has 0 bridgehead atoms. The molecule has 1 aromatic rings. The second kappa shape index (κ2) is 6.40. The molecule has 1 aromatic carbocycles. The first-order valence-electron chi connectivity index (χ1n) is 6.57. The normalized spacial score (nSPS) is 15.8. The molecule has 1 aliphatic rings. The van der Waals surface area contributed by atoms with E-state index in [1.54, 1.807) is 0 Å². The summed E-state index contributed by atoms with van der Waals surface area (Å²) in [4.78, 5) is 10.6. The summed E-state index contributed by atoms with van der Waals surface area (Å²) in [5.41, 5.74) is 6.30. The van der Waals surface area contributed by atoms with Gasteiger partial charge in [0.15, 0.2) is 6.61 Å². The lowest BCUT2D eigenvalue weighted by molar-refractivity contribution is -0.703. The van der Waals surface area contributed by atoms with Gasteiger partial charge in [0.05, 0.1) is 6.04 Å². The van der Waals surface area contributed by atoms with Crippen molar-refractivity contribution in [1.29, 1.82) is 0 Å². The van der Waals surface area contributed by atoms with Gasteiger partial charge in [-0.15, -0.1) is 0 Å². The minimum Gasteiger partial charge on any atom is -0.484 e. The predicted molar refractivity (Wildman–Crippen MR) is 69.0 cm³/mol. The zero-order valence-electron chi connectivity index (χ0n) is 10.6. The van der Waals surface area contributed by atoms with E-state index in [4.69, 9.17) is 10.5 Å². The lowest BCUT2D eigenvalue weighted by Crippen LogP contribution is -2.87. The fourth-order valence-corrected chi connectivity index (χ4v) is 2.37. The summed E-state index contributed by atoms with van der Waals surface area (Å²) in [6.45, 7) is 0.953. The van der Waals surface area contributed by atoms with Crippen molar-refractivity contribution in [2.24, 2.45) is 5.73 Å². The van der Waals surface area contributed by atoms with E-state index in [0.29, 0.717) is 5.75 Å². The summed E-state index contributed by atoms with van der Waals surface area (Å²) in [5, 5.41) is 2.42. The van der Waals surface area contributed by atoms with Crippen LogP contribution in [0.5, 0.6) is 5.75 Å². The summed E-state index contributed by atoms with van der Waals surface area (Å²) >= 11 is 0. The molecule has 0 aromatic heterocycles. The van der Waals surface area contributed by atoms with E-state index in [-0.39, 0.29) is 6.61 Å². The summed E-state index contributed by atoms with van der Waals surface area (Å²) in [6, 6.07) is 8.67. The zero-order chi connectivity index (χ0) is 12.8. The Bertz CT molecular complexity index is 383. The first-order chi connectivity index (χ1) is 8.74. The maximum Gasteiger partial charge on any atom is 0.255 e. The molecule has 0 aliphatic heterocycles. The van der Waals surface area contributed by atoms with Crippen LogP contribution in [-0.4, -0.2) is 18.6 Å². The minimum absolute atomic E-state index is 0.0620. The van der Waals surface area contributed by atoms with E-state index in [1.807, 2.05) is 24.3 Å². The van der Waals surface area contributed by atoms with Crippen LogP contribution in [0.4, 0.5) is 0 Å². The second-order valence-corrected chi connectivity index (χ2v) is 4.88. The SMILES string of the molecule is NC(=O)COc1ccc(C[NH2+]C2CCCC2)cc1. The molecular formula is C14H21N2O2+. The second-order valence-electron chi connectivity index (χ2n) is 4.88. The molecule has 0 heterocycles. The molecule has 1 saturated carbocycles. The molecule has 4 heteroatoms. The van der Waals surface area contributed by atoms with Gasteiger partial charge in [-0.25, -0.2) is 0 Å². The minimum atomic E-state index is -0.450. The molecule has 0 spiro atoms. The van der Waals surface area contributed by atoms with Gasteiger partial charge in [-0.1, -0.05) is 0 Å². The van der Waals surface area contributed by atoms with Crippen LogP contribution in [0.2, 0.25) is 0 Å². The third-order valence-electron chi connectivity index (χ3n) is 3.39. The van der Waals surface area contributed by atoms with Crippen LogP contribution in [0.25, 0.3) is 0 Å². The number of hydrogen-bond donors (Lipinski definition) is 2. The predicted octanol–water partition coefficient (Wildman–Crippen LogP) is 0.557. The Hall–Kier alpha value is -1.55. The highest BCUT2D eigenvalue weighted by molar-refractivity contribution is 5.75. The molecule has 1 amide bonds. The third kappa shape index (κ3) is 4.04. The van der Waals surface area contributed by atoms with E-state index >= 15 is 0 Å². The monoisotopic (exact) mass is 249 g/mol. The van der Waals surface area contributed by atoms with Crippen molar-refractivity contribution < 1.29 is 14.8 Å². The van der Waals surface area contributed by atoms with Crippen LogP contribution in [0.1, 0.15) is 31.2 Å². The van der Waals surface area contributed by atoms with Crippen molar-refractivity contribution in [2.75, 3.05) is 6.61 Å². The number of carbonyl (C=O) groups is 1. The summed E-state index contributed by atoms with van der Waals surface area (Å²) in [6.07, 6.45) is 5.45. The van der Waals surface area contributed by atoms with Gasteiger partial charge < -0.3 is 15.8 Å². The number of nitrogens with two attached hydrogens (primary N) is 2. The van der Waals surface area contributed by atoms with Gasteiger partial charge in [0.1, 0.15) is 12.3 Å². The number of benzene rings is 1. The molecule has 2 rings (SSSR count). The Morgan fingerprint density at radius 1 is 1.28 bits per heavy atom. The number of quaternary nitrogens is 1. The van der Waals surface area contributed by atoms with Crippen LogP contribution >= 0.6 is 0 Å². The van der Waals surface area contributed by atoms with Crippen LogP contribution in [0.15, 0.2) is 24.3 Å². The number of amides is 1. The number of ether oxygens (including phenoxy) is 1. The smallest absolute Gasteiger partial charge is 0.255 e. The number of primary amides is 1. The Kier molecular flexibility index (Phi) is 4.59. The number of rotatable bonds is 6. The first kappa shape index (κ1) is 12.9. The molecule has 98 valence electrons. The Morgan fingerprint density at radius 3 is 2.56 bits per heavy atom. The van der Waals surface area contributed by atoms with Gasteiger partial charge >= 0.3 is 0 Å². The summed E-state index contributed by atoms with van der Waals surface area (Å²) in [7, 11) is 0. The first-order valence-corrected chi connectivity index (χ1v) is 6.57. The highest BCUT2D eigenvalue weighted by Crippen LogP contribution is 2.15. The van der Waals surface area contributed by atoms with Gasteiger partial charge in [0, 0.05) is 5.56 Å². The average Bonchev–Trinajstić information content (AvgIpc) is 2.88. The van der Waals surface area contributed by atoms with Crippen LogP contribution in [0, 0.1) is 0 Å². The number of hydrogen-bond acceptors (Lipinski definition) is 2. The van der Waals surface area contributed by atoms with Gasteiger partial charge in [0.25, 0.3) is 5.91 Å². The Balaban J connectivity index is 1.77. The molecule has 4 N–H and O–H groups in total. The largest absolute Gasteiger partial charge is 0.484 e. The van der Waals surface area contributed by atoms with E-state index in [2.05, 4.69) is 5.32 Å². The Morgan fingerprint density at radius 2 is 1.94 bits per heavy atom. The molecule has 0 unspecified atom stereocenters. The lowest BCUT2D eigenvalue weighted by atomic mass is 10.2. The molecule has 0 radical (unpaired) electrons. The molecule has 4 nitrogen and oxygen atoms in total. The lowest BCUT2D eigenvalue weighted by Gasteiger charge is -2.09. The maximum atomic E-state index is 10.6. The van der Waals surface area contributed by atoms with Crippen LogP contribution in [0.3, 0.4) is 0 Å². The summed E-state index contributed by atoms with van der Waals surface area (Å²) < 4.78 is 5.22. The number of carbonyl (C=O) groups excluding carboxylic acids is 1. The van der Waals surface area contributed by atoms with E-state index in [9.17, 15) is 4.79 Å². The molecular weight excluding hydrogens is 228 g/mol. The molecule has 1 aliphatic carbocycles. The standard InChI is InChI=1S/C14H20N2O2/c15-14(17)10-18-13-7-5-11(6-8-13)9-16-12-3-1-2-4-12/h5-8,12,16H,1-4,9-10H2,(H2,15,17)/p+1. The van der Waals surface area contributed by atoms with Gasteiger partial charge in [-0.05, 0) is 49.9 Å². The van der Waals surface area contributed by atoms with Crippen LogP contribution < -0.4 is 15.8 Å². The molecule has 0 saturated heterocycles. The van der Waals surface area contributed by atoms with Crippen molar-refractivity contribution in [2.45, 2.75) is 38.3 Å².